The van der Waals surface area contributed by atoms with E-state index in [9.17, 15) is 13.6 Å². The smallest absolute Gasteiger partial charge is 0.382 e. The molecule has 1 rings (SSSR count). The Morgan fingerprint density at radius 2 is 1.94 bits per heavy atom. The molecule has 1 heterocycles. The zero-order valence-corrected chi connectivity index (χ0v) is 9.65. The maximum Gasteiger partial charge on any atom is 0.382 e. The highest BCUT2D eigenvalue weighted by molar-refractivity contribution is 6.36. The van der Waals surface area contributed by atoms with Gasteiger partial charge in [-0.3, -0.25) is 4.98 Å². The van der Waals surface area contributed by atoms with Gasteiger partial charge in [-0.15, -0.1) is 0 Å². The Bertz CT molecular complexity index is 392. The first-order valence-electron chi connectivity index (χ1n) is 4.25. The minimum Gasteiger partial charge on any atom is -0.461 e. The quantitative estimate of drug-likeness (QED) is 0.792. The van der Waals surface area contributed by atoms with E-state index in [0.29, 0.717) is 0 Å². The zero-order chi connectivity index (χ0) is 12.3. The van der Waals surface area contributed by atoms with Crippen LogP contribution in [0.15, 0.2) is 12.4 Å². The normalized spacial score (nSPS) is 11.3. The van der Waals surface area contributed by atoms with Crippen LogP contribution in [0.3, 0.4) is 0 Å². The number of rotatable bonds is 3. The highest BCUT2D eigenvalue weighted by Crippen LogP contribution is 2.38. The SMILES string of the molecule is CCOC(=O)C(F)(F)c1c(Cl)cncc1Cl. The van der Waals surface area contributed by atoms with Gasteiger partial charge in [0, 0.05) is 12.4 Å². The van der Waals surface area contributed by atoms with Crippen LogP contribution in [0.4, 0.5) is 8.78 Å². The summed E-state index contributed by atoms with van der Waals surface area (Å²) in [6.07, 6.45) is 1.96. The third kappa shape index (κ3) is 2.41. The van der Waals surface area contributed by atoms with Crippen molar-refractivity contribution in [2.24, 2.45) is 0 Å². The average molecular weight is 270 g/mol. The molecule has 0 N–H and O–H groups in total. The van der Waals surface area contributed by atoms with E-state index in [1.165, 1.54) is 6.92 Å². The van der Waals surface area contributed by atoms with Gasteiger partial charge in [0.25, 0.3) is 0 Å². The topological polar surface area (TPSA) is 39.2 Å². The molecule has 0 aliphatic rings. The van der Waals surface area contributed by atoms with Crippen LogP contribution in [0, 0.1) is 0 Å². The van der Waals surface area contributed by atoms with E-state index in [1.54, 1.807) is 0 Å². The molecule has 0 fully saturated rings. The molecule has 0 saturated heterocycles. The third-order valence-electron chi connectivity index (χ3n) is 1.70. The van der Waals surface area contributed by atoms with Crippen molar-refractivity contribution < 1.29 is 18.3 Å². The second-order valence-corrected chi connectivity index (χ2v) is 3.59. The van der Waals surface area contributed by atoms with Gasteiger partial charge in [0.05, 0.1) is 22.2 Å². The number of aromatic nitrogens is 1. The van der Waals surface area contributed by atoms with E-state index >= 15 is 0 Å². The lowest BCUT2D eigenvalue weighted by molar-refractivity contribution is -0.173. The van der Waals surface area contributed by atoms with E-state index in [-0.39, 0.29) is 16.7 Å². The summed E-state index contributed by atoms with van der Waals surface area (Å²) in [5, 5.41) is -0.767. The molecule has 0 aliphatic heterocycles. The van der Waals surface area contributed by atoms with Crippen molar-refractivity contribution >= 4 is 29.2 Å². The molecule has 0 aliphatic carbocycles. The summed E-state index contributed by atoms with van der Waals surface area (Å²) in [4.78, 5) is 14.6. The summed E-state index contributed by atoms with van der Waals surface area (Å²) in [6.45, 7) is 1.26. The molecular weight excluding hydrogens is 263 g/mol. The van der Waals surface area contributed by atoms with Crippen LogP contribution >= 0.6 is 23.2 Å². The summed E-state index contributed by atoms with van der Waals surface area (Å²) < 4.78 is 31.4. The van der Waals surface area contributed by atoms with Crippen LogP contribution in [0.25, 0.3) is 0 Å². The van der Waals surface area contributed by atoms with Crippen LogP contribution in [0.2, 0.25) is 10.0 Å². The number of carbonyl (C=O) groups is 1. The van der Waals surface area contributed by atoms with Gasteiger partial charge >= 0.3 is 11.9 Å². The lowest BCUT2D eigenvalue weighted by atomic mass is 10.1. The highest BCUT2D eigenvalue weighted by Gasteiger charge is 2.46. The van der Waals surface area contributed by atoms with Crippen molar-refractivity contribution in [2.45, 2.75) is 12.8 Å². The summed E-state index contributed by atoms with van der Waals surface area (Å²) in [5.41, 5.74) is -0.788. The largest absolute Gasteiger partial charge is 0.461 e. The van der Waals surface area contributed by atoms with Gasteiger partial charge in [0.1, 0.15) is 0 Å². The standard InChI is InChI=1S/C9H7Cl2F2NO2/c1-2-16-8(15)9(12,13)7-5(10)3-14-4-6(7)11/h3-4H,2H2,1H3. The molecule has 1 aromatic rings. The number of nitrogens with zero attached hydrogens (tertiary/aromatic N) is 1. The van der Waals surface area contributed by atoms with Gasteiger partial charge in [0.15, 0.2) is 0 Å². The number of alkyl halides is 2. The molecule has 0 aromatic carbocycles. The van der Waals surface area contributed by atoms with Gasteiger partial charge in [0.2, 0.25) is 0 Å². The second kappa shape index (κ2) is 4.93. The first kappa shape index (κ1) is 13.1. The molecule has 0 bridgehead atoms. The van der Waals surface area contributed by atoms with E-state index in [4.69, 9.17) is 23.2 Å². The molecule has 1 aromatic heterocycles. The van der Waals surface area contributed by atoms with Crippen molar-refractivity contribution in [1.29, 1.82) is 0 Å². The van der Waals surface area contributed by atoms with Crippen molar-refractivity contribution in [1.82, 2.24) is 4.98 Å². The molecule has 0 unspecified atom stereocenters. The summed E-state index contributed by atoms with van der Waals surface area (Å²) in [5.74, 6) is -5.57. The average Bonchev–Trinajstić information content (AvgIpc) is 2.17. The summed E-state index contributed by atoms with van der Waals surface area (Å²) in [6, 6.07) is 0. The van der Waals surface area contributed by atoms with E-state index in [0.717, 1.165) is 12.4 Å². The molecule has 0 amide bonds. The van der Waals surface area contributed by atoms with Gasteiger partial charge in [-0.05, 0) is 6.92 Å². The second-order valence-electron chi connectivity index (χ2n) is 2.77. The number of esters is 1. The Morgan fingerprint density at radius 1 is 1.44 bits per heavy atom. The number of carbonyl (C=O) groups excluding carboxylic acids is 1. The van der Waals surface area contributed by atoms with Crippen LogP contribution in [-0.4, -0.2) is 17.6 Å². The predicted molar refractivity (Wildman–Crippen MR) is 54.8 cm³/mol. The molecule has 0 saturated carbocycles. The molecular formula is C9H7Cl2F2NO2. The fourth-order valence-electron chi connectivity index (χ4n) is 1.04. The van der Waals surface area contributed by atoms with Crippen molar-refractivity contribution in [3.8, 4) is 0 Å². The van der Waals surface area contributed by atoms with Gasteiger partial charge in [-0.1, -0.05) is 23.2 Å². The Kier molecular flexibility index (Phi) is 4.04. The van der Waals surface area contributed by atoms with E-state index < -0.39 is 17.5 Å². The molecule has 88 valence electrons. The van der Waals surface area contributed by atoms with Gasteiger partial charge < -0.3 is 4.74 Å². The van der Waals surface area contributed by atoms with E-state index in [1.807, 2.05) is 0 Å². The molecule has 3 nitrogen and oxygen atoms in total. The Morgan fingerprint density at radius 3 is 2.38 bits per heavy atom. The Balaban J connectivity index is 3.21. The Labute approximate surface area is 100 Å². The summed E-state index contributed by atoms with van der Waals surface area (Å²) >= 11 is 11.0. The number of hydrogen-bond donors (Lipinski definition) is 0. The van der Waals surface area contributed by atoms with Crippen LogP contribution < -0.4 is 0 Å². The molecule has 0 radical (unpaired) electrons. The maximum absolute atomic E-state index is 13.6. The van der Waals surface area contributed by atoms with Crippen LogP contribution in [0.1, 0.15) is 12.5 Å². The van der Waals surface area contributed by atoms with Crippen molar-refractivity contribution in [3.63, 3.8) is 0 Å². The number of ether oxygens (including phenoxy) is 1. The van der Waals surface area contributed by atoms with E-state index in [2.05, 4.69) is 9.72 Å². The van der Waals surface area contributed by atoms with Crippen molar-refractivity contribution in [3.05, 3.63) is 28.0 Å². The van der Waals surface area contributed by atoms with Gasteiger partial charge in [-0.25, -0.2) is 4.79 Å². The molecule has 0 atom stereocenters. The monoisotopic (exact) mass is 269 g/mol. The molecule has 0 spiro atoms. The molecule has 16 heavy (non-hydrogen) atoms. The van der Waals surface area contributed by atoms with Gasteiger partial charge in [-0.2, -0.15) is 8.78 Å². The highest BCUT2D eigenvalue weighted by atomic mass is 35.5. The number of pyridine rings is 1. The number of hydrogen-bond acceptors (Lipinski definition) is 3. The molecule has 7 heteroatoms. The fraction of sp³-hybridized carbons (Fsp3) is 0.333. The third-order valence-corrected chi connectivity index (χ3v) is 2.27. The van der Waals surface area contributed by atoms with Crippen molar-refractivity contribution in [2.75, 3.05) is 6.61 Å². The lowest BCUT2D eigenvalue weighted by Gasteiger charge is -2.16. The first-order chi connectivity index (χ1) is 7.41. The summed E-state index contributed by atoms with van der Waals surface area (Å²) in [7, 11) is 0. The predicted octanol–water partition coefficient (Wildman–Crippen LogP) is 3.04. The maximum atomic E-state index is 13.6. The lowest BCUT2D eigenvalue weighted by Crippen LogP contribution is -2.29. The minimum atomic E-state index is -3.88. The van der Waals surface area contributed by atoms with Crippen LogP contribution in [0.5, 0.6) is 0 Å². The minimum absolute atomic E-state index is 0.158. The Hall–Kier alpha value is -0.940. The zero-order valence-electron chi connectivity index (χ0n) is 8.14. The van der Waals surface area contributed by atoms with Crippen LogP contribution in [-0.2, 0) is 15.5 Å². The fourth-order valence-corrected chi connectivity index (χ4v) is 1.64. The first-order valence-corrected chi connectivity index (χ1v) is 5.01. The number of halogens is 4.